The molecule has 0 atom stereocenters. The van der Waals surface area contributed by atoms with Crippen molar-refractivity contribution in [2.75, 3.05) is 10.0 Å². The van der Waals surface area contributed by atoms with E-state index in [0.717, 1.165) is 0 Å². The minimum Gasteiger partial charge on any atom is -0.478 e. The van der Waals surface area contributed by atoms with Gasteiger partial charge in [-0.3, -0.25) is 9.52 Å². The second kappa shape index (κ2) is 8.15. The highest BCUT2D eigenvalue weighted by Gasteiger charge is 2.18. The summed E-state index contributed by atoms with van der Waals surface area (Å²) in [5, 5.41) is 11.6. The second-order valence-electron chi connectivity index (χ2n) is 6.23. The van der Waals surface area contributed by atoms with Crippen molar-refractivity contribution in [2.24, 2.45) is 0 Å². The van der Waals surface area contributed by atoms with Gasteiger partial charge in [-0.05, 0) is 61.0 Å². The highest BCUT2D eigenvalue weighted by Crippen LogP contribution is 2.23. The molecule has 1 amide bonds. The number of carboxylic acid groups (broad SMARTS) is 1. The zero-order valence-electron chi connectivity index (χ0n) is 15.4. The molecule has 0 aliphatic carbocycles. The number of carboxylic acids is 1. The molecule has 3 aromatic rings. The molecule has 0 saturated carbocycles. The number of benzene rings is 3. The third-order valence-electron chi connectivity index (χ3n) is 4.27. The summed E-state index contributed by atoms with van der Waals surface area (Å²) in [4.78, 5) is 23.7. The standard InChI is InChI=1S/C21H18N2O5S/c1-14-18(20(24)22-16-12-10-15(11-13-16)21(25)26)8-5-9-19(14)23-29(27,28)17-6-3-2-4-7-17/h2-13,23H,1H3,(H,22,24)(H,25,26). The van der Waals surface area contributed by atoms with Crippen LogP contribution in [0.5, 0.6) is 0 Å². The molecule has 148 valence electrons. The maximum absolute atomic E-state index is 12.6. The monoisotopic (exact) mass is 410 g/mol. The number of nitrogens with one attached hydrogen (secondary N) is 2. The fourth-order valence-electron chi connectivity index (χ4n) is 2.69. The van der Waals surface area contributed by atoms with Gasteiger partial charge in [-0.2, -0.15) is 0 Å². The number of hydrogen-bond acceptors (Lipinski definition) is 4. The average Bonchev–Trinajstić information content (AvgIpc) is 2.70. The first-order valence-electron chi connectivity index (χ1n) is 8.60. The minimum atomic E-state index is -3.79. The fraction of sp³-hybridized carbons (Fsp3) is 0.0476. The van der Waals surface area contributed by atoms with Crippen molar-refractivity contribution in [3.05, 3.63) is 89.5 Å². The molecule has 0 radical (unpaired) electrons. The van der Waals surface area contributed by atoms with Crippen LogP contribution in [0.1, 0.15) is 26.3 Å². The Bertz CT molecular complexity index is 1160. The van der Waals surface area contributed by atoms with Crippen molar-refractivity contribution in [1.82, 2.24) is 0 Å². The lowest BCUT2D eigenvalue weighted by atomic mass is 10.1. The van der Waals surface area contributed by atoms with Crippen molar-refractivity contribution in [2.45, 2.75) is 11.8 Å². The van der Waals surface area contributed by atoms with Gasteiger partial charge in [0, 0.05) is 11.3 Å². The molecule has 0 aliphatic heterocycles. The Labute approximate surface area is 168 Å². The van der Waals surface area contributed by atoms with Gasteiger partial charge in [0.05, 0.1) is 16.1 Å². The SMILES string of the molecule is Cc1c(NS(=O)(=O)c2ccccc2)cccc1C(=O)Nc1ccc(C(=O)O)cc1. The summed E-state index contributed by atoms with van der Waals surface area (Å²) in [5.41, 5.74) is 1.58. The number of rotatable bonds is 6. The first-order chi connectivity index (χ1) is 13.8. The molecule has 3 aromatic carbocycles. The summed E-state index contributed by atoms with van der Waals surface area (Å²) in [6, 6.07) is 18.4. The van der Waals surface area contributed by atoms with Crippen LogP contribution in [0, 0.1) is 6.92 Å². The molecule has 29 heavy (non-hydrogen) atoms. The number of carbonyl (C=O) groups excluding carboxylic acids is 1. The van der Waals surface area contributed by atoms with Crippen LogP contribution in [0.4, 0.5) is 11.4 Å². The van der Waals surface area contributed by atoms with E-state index in [2.05, 4.69) is 10.0 Å². The largest absolute Gasteiger partial charge is 0.478 e. The summed E-state index contributed by atoms with van der Waals surface area (Å²) >= 11 is 0. The lowest BCUT2D eigenvalue weighted by molar-refractivity contribution is 0.0696. The molecule has 0 heterocycles. The first kappa shape index (κ1) is 20.1. The Morgan fingerprint density at radius 3 is 2.14 bits per heavy atom. The Hall–Kier alpha value is -3.65. The van der Waals surface area contributed by atoms with Crippen molar-refractivity contribution in [3.63, 3.8) is 0 Å². The summed E-state index contributed by atoms with van der Waals surface area (Å²) in [6.07, 6.45) is 0. The first-order valence-corrected chi connectivity index (χ1v) is 10.1. The van der Waals surface area contributed by atoms with Crippen molar-refractivity contribution in [3.8, 4) is 0 Å². The van der Waals surface area contributed by atoms with Gasteiger partial charge in [-0.15, -0.1) is 0 Å². The third-order valence-corrected chi connectivity index (χ3v) is 5.65. The van der Waals surface area contributed by atoms with Gasteiger partial charge in [0.1, 0.15) is 0 Å². The number of hydrogen-bond donors (Lipinski definition) is 3. The minimum absolute atomic E-state index is 0.108. The molecule has 3 rings (SSSR count). The van der Waals surface area contributed by atoms with E-state index < -0.39 is 21.9 Å². The fourth-order valence-corrected chi connectivity index (χ4v) is 3.83. The van der Waals surface area contributed by atoms with Gasteiger partial charge in [0.25, 0.3) is 15.9 Å². The molecule has 0 aromatic heterocycles. The van der Waals surface area contributed by atoms with Gasteiger partial charge in [-0.25, -0.2) is 13.2 Å². The van der Waals surface area contributed by atoms with E-state index >= 15 is 0 Å². The van der Waals surface area contributed by atoms with E-state index in [1.54, 1.807) is 43.3 Å². The molecular weight excluding hydrogens is 392 g/mol. The van der Waals surface area contributed by atoms with E-state index in [4.69, 9.17) is 5.11 Å². The maximum Gasteiger partial charge on any atom is 0.335 e. The molecule has 0 spiro atoms. The van der Waals surface area contributed by atoms with Crippen LogP contribution in [0.2, 0.25) is 0 Å². The molecule has 0 aliphatic rings. The molecule has 0 unspecified atom stereocenters. The van der Waals surface area contributed by atoms with Crippen molar-refractivity contribution in [1.29, 1.82) is 0 Å². The molecule has 8 heteroatoms. The molecule has 0 fully saturated rings. The topological polar surface area (TPSA) is 113 Å². The predicted octanol–water partition coefficient (Wildman–Crippen LogP) is 3.75. The third kappa shape index (κ3) is 4.61. The van der Waals surface area contributed by atoms with Crippen LogP contribution in [-0.4, -0.2) is 25.4 Å². The maximum atomic E-state index is 12.6. The van der Waals surface area contributed by atoms with Crippen LogP contribution >= 0.6 is 0 Å². The summed E-state index contributed by atoms with van der Waals surface area (Å²) in [7, 11) is -3.79. The van der Waals surface area contributed by atoms with Gasteiger partial charge in [0.2, 0.25) is 0 Å². The van der Waals surface area contributed by atoms with E-state index in [1.165, 1.54) is 36.4 Å². The molecule has 3 N–H and O–H groups in total. The van der Waals surface area contributed by atoms with Crippen LogP contribution in [-0.2, 0) is 10.0 Å². The number of anilines is 2. The molecule has 0 bridgehead atoms. The summed E-state index contributed by atoms with van der Waals surface area (Å²) in [5.74, 6) is -1.50. The second-order valence-corrected chi connectivity index (χ2v) is 7.92. The molecule has 7 nitrogen and oxygen atoms in total. The van der Waals surface area contributed by atoms with Crippen LogP contribution < -0.4 is 10.0 Å². The Kier molecular flexibility index (Phi) is 5.65. The number of aromatic carboxylic acids is 1. The van der Waals surface area contributed by atoms with Gasteiger partial charge >= 0.3 is 5.97 Å². The van der Waals surface area contributed by atoms with E-state index in [0.29, 0.717) is 22.5 Å². The highest BCUT2D eigenvalue weighted by molar-refractivity contribution is 7.92. The van der Waals surface area contributed by atoms with Gasteiger partial charge in [-0.1, -0.05) is 24.3 Å². The molecular formula is C21H18N2O5S. The number of amides is 1. The zero-order valence-corrected chi connectivity index (χ0v) is 16.2. The number of carbonyl (C=O) groups is 2. The number of sulfonamides is 1. The van der Waals surface area contributed by atoms with E-state index in [9.17, 15) is 18.0 Å². The average molecular weight is 410 g/mol. The lowest BCUT2D eigenvalue weighted by Crippen LogP contribution is -2.17. The Morgan fingerprint density at radius 1 is 0.862 bits per heavy atom. The van der Waals surface area contributed by atoms with Crippen molar-refractivity contribution >= 4 is 33.3 Å². The van der Waals surface area contributed by atoms with Crippen LogP contribution in [0.3, 0.4) is 0 Å². The van der Waals surface area contributed by atoms with Crippen LogP contribution in [0.15, 0.2) is 77.7 Å². The van der Waals surface area contributed by atoms with E-state index in [-0.39, 0.29) is 10.5 Å². The zero-order chi connectivity index (χ0) is 21.0. The smallest absolute Gasteiger partial charge is 0.335 e. The van der Waals surface area contributed by atoms with E-state index in [1.807, 2.05) is 0 Å². The summed E-state index contributed by atoms with van der Waals surface area (Å²) in [6.45, 7) is 1.64. The Morgan fingerprint density at radius 2 is 1.52 bits per heavy atom. The predicted molar refractivity (Wildman–Crippen MR) is 110 cm³/mol. The Balaban J connectivity index is 1.82. The quantitative estimate of drug-likeness (QED) is 0.573. The summed E-state index contributed by atoms with van der Waals surface area (Å²) < 4.78 is 27.6. The van der Waals surface area contributed by atoms with Gasteiger partial charge < -0.3 is 10.4 Å². The van der Waals surface area contributed by atoms with Crippen LogP contribution in [0.25, 0.3) is 0 Å². The van der Waals surface area contributed by atoms with Gasteiger partial charge in [0.15, 0.2) is 0 Å². The lowest BCUT2D eigenvalue weighted by Gasteiger charge is -2.14. The normalized spacial score (nSPS) is 10.9. The molecule has 0 saturated heterocycles. The highest BCUT2D eigenvalue weighted by atomic mass is 32.2. The van der Waals surface area contributed by atoms with Crippen molar-refractivity contribution < 1.29 is 23.1 Å².